The van der Waals surface area contributed by atoms with E-state index in [9.17, 15) is 14.4 Å². The summed E-state index contributed by atoms with van der Waals surface area (Å²) in [5.41, 5.74) is 7.41. The standard InChI is InChI=1S/C30H33N5O4/c1-4-7-23-29(26(37)16-31)21-10-8-20-17-33-24(15-22(20)30(21)35-23)19-9-11-27(25(14-19)34-28(38)5-2)39-13-6-12-32-18(3)36/h5,9,11,14-17,31,35H,2,4,6-8,10,12-13H2,1,3H3,(H,32,36)(H,34,38). The predicted octanol–water partition coefficient (Wildman–Crippen LogP) is 4.66. The summed E-state index contributed by atoms with van der Waals surface area (Å²) in [7, 11) is 0. The van der Waals surface area contributed by atoms with Gasteiger partial charge in [-0.05, 0) is 67.2 Å². The molecule has 4 N–H and O–H groups in total. The summed E-state index contributed by atoms with van der Waals surface area (Å²) in [6.07, 6.45) is 7.63. The van der Waals surface area contributed by atoms with Gasteiger partial charge in [0.25, 0.3) is 0 Å². The van der Waals surface area contributed by atoms with Gasteiger partial charge in [-0.1, -0.05) is 19.9 Å². The highest BCUT2D eigenvalue weighted by molar-refractivity contribution is 6.35. The van der Waals surface area contributed by atoms with E-state index < -0.39 is 0 Å². The van der Waals surface area contributed by atoms with Crippen molar-refractivity contribution in [2.24, 2.45) is 0 Å². The van der Waals surface area contributed by atoms with E-state index in [1.807, 2.05) is 24.4 Å². The zero-order chi connectivity index (χ0) is 27.9. The van der Waals surface area contributed by atoms with Gasteiger partial charge in [0, 0.05) is 42.0 Å². The summed E-state index contributed by atoms with van der Waals surface area (Å²) in [6, 6.07) is 7.48. The minimum atomic E-state index is -0.364. The number of fused-ring (bicyclic) bond motifs is 3. The number of hydrogen-bond acceptors (Lipinski definition) is 6. The molecule has 1 aromatic carbocycles. The van der Waals surface area contributed by atoms with Crippen LogP contribution in [0.2, 0.25) is 0 Å². The SMILES string of the molecule is C=CC(=O)Nc1cc(-c2cc3c(cn2)CCc2c-3[nH]c(CCC)c2C(=O)C=N)ccc1OCCCNC(C)=O. The third-order valence-electron chi connectivity index (χ3n) is 6.63. The molecule has 0 spiro atoms. The summed E-state index contributed by atoms with van der Waals surface area (Å²) >= 11 is 0. The number of carbonyl (C=O) groups is 3. The number of ether oxygens (including phenoxy) is 1. The summed E-state index contributed by atoms with van der Waals surface area (Å²) in [4.78, 5) is 44.0. The lowest BCUT2D eigenvalue weighted by Gasteiger charge is -2.18. The Balaban J connectivity index is 1.68. The zero-order valence-electron chi connectivity index (χ0n) is 22.3. The first-order chi connectivity index (χ1) is 18.9. The van der Waals surface area contributed by atoms with Crippen molar-refractivity contribution in [3.63, 3.8) is 0 Å². The molecule has 0 radical (unpaired) electrons. The van der Waals surface area contributed by atoms with Gasteiger partial charge < -0.3 is 25.8 Å². The molecule has 0 aliphatic heterocycles. The summed E-state index contributed by atoms with van der Waals surface area (Å²) in [6.45, 7) is 7.92. The third-order valence-corrected chi connectivity index (χ3v) is 6.63. The Labute approximate surface area is 227 Å². The Morgan fingerprint density at radius 3 is 2.77 bits per heavy atom. The number of benzene rings is 1. The number of nitrogens with zero attached hydrogens (tertiary/aromatic N) is 1. The Morgan fingerprint density at radius 2 is 2.05 bits per heavy atom. The van der Waals surface area contributed by atoms with Gasteiger partial charge in [-0.15, -0.1) is 0 Å². The molecule has 2 aromatic heterocycles. The number of ketones is 1. The van der Waals surface area contributed by atoms with E-state index >= 15 is 0 Å². The van der Waals surface area contributed by atoms with E-state index in [1.165, 1.54) is 13.0 Å². The van der Waals surface area contributed by atoms with Gasteiger partial charge in [-0.2, -0.15) is 0 Å². The van der Waals surface area contributed by atoms with Crippen molar-refractivity contribution in [1.29, 1.82) is 5.41 Å². The molecule has 0 bridgehead atoms. The van der Waals surface area contributed by atoms with Crippen LogP contribution in [0, 0.1) is 5.41 Å². The second-order valence-electron chi connectivity index (χ2n) is 9.41. The molecule has 3 aromatic rings. The van der Waals surface area contributed by atoms with E-state index in [-0.39, 0.29) is 17.6 Å². The number of aromatic nitrogens is 2. The molecule has 39 heavy (non-hydrogen) atoms. The molecule has 9 heteroatoms. The fourth-order valence-corrected chi connectivity index (χ4v) is 4.83. The van der Waals surface area contributed by atoms with E-state index in [1.54, 1.807) is 6.07 Å². The number of H-pyrrole nitrogens is 1. The Kier molecular flexibility index (Phi) is 8.70. The number of anilines is 1. The molecule has 202 valence electrons. The first-order valence-electron chi connectivity index (χ1n) is 13.1. The van der Waals surface area contributed by atoms with Gasteiger partial charge in [0.05, 0.1) is 29.9 Å². The first kappa shape index (κ1) is 27.5. The fourth-order valence-electron chi connectivity index (χ4n) is 4.83. The number of aromatic amines is 1. The molecule has 0 unspecified atom stereocenters. The van der Waals surface area contributed by atoms with Crippen LogP contribution in [0.4, 0.5) is 5.69 Å². The number of nitrogens with one attached hydrogen (secondary N) is 4. The lowest BCUT2D eigenvalue weighted by Crippen LogP contribution is -2.22. The van der Waals surface area contributed by atoms with Crippen molar-refractivity contribution in [3.8, 4) is 28.3 Å². The quantitative estimate of drug-likeness (QED) is 0.118. The second kappa shape index (κ2) is 12.3. The zero-order valence-corrected chi connectivity index (χ0v) is 22.3. The molecule has 1 aliphatic carbocycles. The molecule has 4 rings (SSSR count). The molecule has 1 aliphatic rings. The molecule has 0 atom stereocenters. The largest absolute Gasteiger partial charge is 0.491 e. The maximum atomic E-state index is 12.6. The molecule has 9 nitrogen and oxygen atoms in total. The van der Waals surface area contributed by atoms with Crippen molar-refractivity contribution in [2.45, 2.75) is 46.0 Å². The van der Waals surface area contributed by atoms with Crippen LogP contribution < -0.4 is 15.4 Å². The minimum Gasteiger partial charge on any atom is -0.491 e. The summed E-state index contributed by atoms with van der Waals surface area (Å²) < 4.78 is 5.89. The maximum Gasteiger partial charge on any atom is 0.247 e. The maximum absolute atomic E-state index is 12.6. The van der Waals surface area contributed by atoms with Crippen LogP contribution in [0.5, 0.6) is 5.75 Å². The van der Waals surface area contributed by atoms with Crippen molar-refractivity contribution < 1.29 is 19.1 Å². The van der Waals surface area contributed by atoms with Crippen molar-refractivity contribution in [2.75, 3.05) is 18.5 Å². The van der Waals surface area contributed by atoms with Crippen LogP contribution in [0.15, 0.2) is 43.1 Å². The van der Waals surface area contributed by atoms with Gasteiger partial charge >= 0.3 is 0 Å². The van der Waals surface area contributed by atoms with E-state index in [2.05, 4.69) is 29.1 Å². The molecule has 2 amide bonds. The van der Waals surface area contributed by atoms with E-state index in [0.717, 1.165) is 59.1 Å². The van der Waals surface area contributed by atoms with Gasteiger partial charge in [0.15, 0.2) is 0 Å². The topological polar surface area (TPSA) is 137 Å². The minimum absolute atomic E-state index is 0.0959. The number of aryl methyl sites for hydroxylation is 2. The Morgan fingerprint density at radius 1 is 1.23 bits per heavy atom. The van der Waals surface area contributed by atoms with E-state index in [4.69, 9.17) is 15.1 Å². The number of pyridine rings is 1. The van der Waals surface area contributed by atoms with Crippen LogP contribution in [0.3, 0.4) is 0 Å². The van der Waals surface area contributed by atoms with Gasteiger partial charge in [0.2, 0.25) is 17.6 Å². The average Bonchev–Trinajstić information content (AvgIpc) is 3.31. The average molecular weight is 528 g/mol. The molecule has 2 heterocycles. The van der Waals surface area contributed by atoms with Gasteiger partial charge in [-0.3, -0.25) is 19.4 Å². The number of Topliss-reactive ketones (excluding diaryl/α,β-unsaturated/α-hetero) is 1. The number of hydrogen-bond donors (Lipinski definition) is 4. The monoisotopic (exact) mass is 527 g/mol. The molecule has 0 saturated carbocycles. The van der Waals surface area contributed by atoms with Crippen LogP contribution in [-0.2, 0) is 28.9 Å². The molecular formula is C30H33N5O4. The van der Waals surface area contributed by atoms with Crippen LogP contribution >= 0.6 is 0 Å². The summed E-state index contributed by atoms with van der Waals surface area (Å²) in [5, 5.41) is 13.1. The van der Waals surface area contributed by atoms with Gasteiger partial charge in [0.1, 0.15) is 5.75 Å². The molecule has 0 fully saturated rings. The number of rotatable bonds is 12. The van der Waals surface area contributed by atoms with E-state index in [0.29, 0.717) is 48.7 Å². The number of amides is 2. The summed E-state index contributed by atoms with van der Waals surface area (Å²) in [5.74, 6) is -0.234. The number of carbonyl (C=O) groups excluding carboxylic acids is 3. The highest BCUT2D eigenvalue weighted by Crippen LogP contribution is 2.39. The van der Waals surface area contributed by atoms with Crippen molar-refractivity contribution >= 4 is 29.5 Å². The van der Waals surface area contributed by atoms with Crippen LogP contribution in [0.1, 0.15) is 53.9 Å². The lowest BCUT2D eigenvalue weighted by atomic mass is 9.87. The molecular weight excluding hydrogens is 494 g/mol. The van der Waals surface area contributed by atoms with Crippen LogP contribution in [-0.4, -0.2) is 46.9 Å². The van der Waals surface area contributed by atoms with Crippen molar-refractivity contribution in [1.82, 2.24) is 15.3 Å². The third kappa shape index (κ3) is 6.14. The first-order valence-corrected chi connectivity index (χ1v) is 13.1. The second-order valence-corrected chi connectivity index (χ2v) is 9.41. The normalized spacial score (nSPS) is 11.6. The Bertz CT molecular complexity index is 1440. The Hall–Kier alpha value is -4.53. The molecule has 0 saturated heterocycles. The fraction of sp³-hybridized carbons (Fsp3) is 0.300. The van der Waals surface area contributed by atoms with Gasteiger partial charge in [-0.25, -0.2) is 0 Å². The smallest absolute Gasteiger partial charge is 0.247 e. The highest BCUT2D eigenvalue weighted by atomic mass is 16.5. The lowest BCUT2D eigenvalue weighted by molar-refractivity contribution is -0.119. The van der Waals surface area contributed by atoms with Crippen LogP contribution in [0.25, 0.3) is 22.5 Å². The predicted molar refractivity (Wildman–Crippen MR) is 152 cm³/mol. The highest BCUT2D eigenvalue weighted by Gasteiger charge is 2.27. The van der Waals surface area contributed by atoms with Crippen molar-refractivity contribution in [3.05, 3.63) is 65.5 Å².